The summed E-state index contributed by atoms with van der Waals surface area (Å²) in [5, 5.41) is 12.7. The van der Waals surface area contributed by atoms with Crippen molar-refractivity contribution in [2.24, 2.45) is 0 Å². The molecule has 0 fully saturated rings. The molecule has 0 saturated heterocycles. The van der Waals surface area contributed by atoms with Crippen molar-refractivity contribution in [1.82, 2.24) is 9.55 Å². The van der Waals surface area contributed by atoms with Crippen LogP contribution in [0.5, 0.6) is 5.75 Å². The highest BCUT2D eigenvalue weighted by Gasteiger charge is 2.12. The second-order valence-electron chi connectivity index (χ2n) is 6.00. The van der Waals surface area contributed by atoms with E-state index in [1.807, 2.05) is 29.6 Å². The number of rotatable bonds is 6. The number of benzene rings is 1. The summed E-state index contributed by atoms with van der Waals surface area (Å²) >= 11 is 1.43. The molecule has 2 aromatic heterocycles. The lowest BCUT2D eigenvalue weighted by molar-refractivity contribution is 0.0909. The summed E-state index contributed by atoms with van der Waals surface area (Å²) in [5.41, 5.74) is 0.964. The molecule has 3 aromatic rings. The van der Waals surface area contributed by atoms with Crippen LogP contribution in [-0.2, 0) is 6.54 Å². The molecule has 3 rings (SSSR count). The van der Waals surface area contributed by atoms with E-state index in [0.29, 0.717) is 16.1 Å². The lowest BCUT2D eigenvalue weighted by Crippen LogP contribution is -2.30. The molecule has 0 bridgehead atoms. The van der Waals surface area contributed by atoms with Gasteiger partial charge in [0.15, 0.2) is 0 Å². The number of aromatic nitrogens is 2. The zero-order chi connectivity index (χ0) is 17.1. The normalized spacial score (nSPS) is 12.7. The Balaban J connectivity index is 1.68. The minimum Gasteiger partial charge on any atom is -0.491 e. The lowest BCUT2D eigenvalue weighted by Gasteiger charge is -2.17. The molecule has 0 aliphatic rings. The molecule has 0 radical (unpaired) electrons. The lowest BCUT2D eigenvalue weighted by atomic mass is 10.0. The van der Waals surface area contributed by atoms with Crippen molar-refractivity contribution >= 4 is 21.6 Å². The molecular weight excluding hydrogens is 324 g/mol. The van der Waals surface area contributed by atoms with Crippen molar-refractivity contribution in [3.63, 3.8) is 0 Å². The zero-order valence-electron chi connectivity index (χ0n) is 13.7. The molecule has 0 saturated carbocycles. The van der Waals surface area contributed by atoms with Crippen LogP contribution in [-0.4, -0.2) is 27.4 Å². The number of aliphatic hydroxyl groups is 1. The second-order valence-corrected chi connectivity index (χ2v) is 6.89. The number of nitrogens with zero attached hydrogens (tertiary/aromatic N) is 2. The van der Waals surface area contributed by atoms with E-state index in [1.165, 1.54) is 22.2 Å². The van der Waals surface area contributed by atoms with Crippen molar-refractivity contribution in [2.45, 2.75) is 32.4 Å². The van der Waals surface area contributed by atoms with E-state index < -0.39 is 6.10 Å². The highest BCUT2D eigenvalue weighted by atomic mass is 32.1. The van der Waals surface area contributed by atoms with Crippen LogP contribution in [0, 0.1) is 0 Å². The van der Waals surface area contributed by atoms with Crippen molar-refractivity contribution in [3.8, 4) is 5.75 Å². The summed E-state index contributed by atoms with van der Waals surface area (Å²) < 4.78 is 7.19. The first-order valence-electron chi connectivity index (χ1n) is 7.88. The highest BCUT2D eigenvalue weighted by Crippen LogP contribution is 2.25. The van der Waals surface area contributed by atoms with Crippen LogP contribution < -0.4 is 10.3 Å². The molecule has 0 amide bonds. The molecule has 5 nitrogen and oxygen atoms in total. The maximum atomic E-state index is 12.3. The van der Waals surface area contributed by atoms with Crippen LogP contribution in [0.15, 0.2) is 46.8 Å². The van der Waals surface area contributed by atoms with Crippen LogP contribution in [0.25, 0.3) is 10.2 Å². The number of hydrogen-bond acceptors (Lipinski definition) is 5. The van der Waals surface area contributed by atoms with Gasteiger partial charge in [-0.25, -0.2) is 4.98 Å². The SMILES string of the molecule is CC(C)c1ccccc1OC[C@H](O)Cn1cnc2sccc2c1=O. The predicted octanol–water partition coefficient (Wildman–Crippen LogP) is 3.02. The summed E-state index contributed by atoms with van der Waals surface area (Å²) in [6.45, 7) is 4.47. The fourth-order valence-corrected chi connectivity index (χ4v) is 3.30. The van der Waals surface area contributed by atoms with Gasteiger partial charge in [0.25, 0.3) is 5.56 Å². The molecular formula is C18H20N2O3S. The van der Waals surface area contributed by atoms with Crippen molar-refractivity contribution < 1.29 is 9.84 Å². The predicted molar refractivity (Wildman–Crippen MR) is 95.9 cm³/mol. The number of hydrogen-bond donors (Lipinski definition) is 1. The molecule has 0 aliphatic heterocycles. The van der Waals surface area contributed by atoms with Gasteiger partial charge in [0.05, 0.1) is 18.3 Å². The van der Waals surface area contributed by atoms with Crippen LogP contribution in [0.2, 0.25) is 0 Å². The molecule has 1 N–H and O–H groups in total. The van der Waals surface area contributed by atoms with E-state index >= 15 is 0 Å². The fourth-order valence-electron chi connectivity index (χ4n) is 2.58. The highest BCUT2D eigenvalue weighted by molar-refractivity contribution is 7.16. The van der Waals surface area contributed by atoms with Gasteiger partial charge in [-0.2, -0.15) is 0 Å². The van der Waals surface area contributed by atoms with Gasteiger partial charge < -0.3 is 9.84 Å². The molecule has 126 valence electrons. The summed E-state index contributed by atoms with van der Waals surface area (Å²) in [7, 11) is 0. The van der Waals surface area contributed by atoms with E-state index in [4.69, 9.17) is 4.74 Å². The second kappa shape index (κ2) is 7.15. The smallest absolute Gasteiger partial charge is 0.262 e. The van der Waals surface area contributed by atoms with E-state index in [1.54, 1.807) is 6.07 Å². The van der Waals surface area contributed by atoms with Crippen LogP contribution in [0.3, 0.4) is 0 Å². The molecule has 6 heteroatoms. The van der Waals surface area contributed by atoms with Crippen molar-refractivity contribution in [3.05, 3.63) is 58.0 Å². The van der Waals surface area contributed by atoms with Gasteiger partial charge in [0.2, 0.25) is 0 Å². The first-order valence-corrected chi connectivity index (χ1v) is 8.76. The standard InChI is InChI=1S/C18H20N2O3S/c1-12(2)14-5-3-4-6-16(14)23-10-13(21)9-20-11-19-17-15(18(20)22)7-8-24-17/h3-8,11-13,21H,9-10H2,1-2H3/t13-/m1/s1. The number of aliphatic hydroxyl groups excluding tert-OH is 1. The first-order chi connectivity index (χ1) is 11.6. The minimum atomic E-state index is -0.791. The van der Waals surface area contributed by atoms with Gasteiger partial charge in [-0.1, -0.05) is 32.0 Å². The van der Waals surface area contributed by atoms with E-state index in [0.717, 1.165) is 11.3 Å². The van der Waals surface area contributed by atoms with Gasteiger partial charge in [0.1, 0.15) is 23.3 Å². The van der Waals surface area contributed by atoms with Crippen molar-refractivity contribution in [2.75, 3.05) is 6.61 Å². The maximum Gasteiger partial charge on any atom is 0.262 e. The number of thiophene rings is 1. The molecule has 24 heavy (non-hydrogen) atoms. The minimum absolute atomic E-state index is 0.123. The summed E-state index contributed by atoms with van der Waals surface area (Å²) in [6.07, 6.45) is 0.688. The molecule has 0 spiro atoms. The third kappa shape index (κ3) is 3.49. The Labute approximate surface area is 144 Å². The molecule has 1 atom stereocenters. The van der Waals surface area contributed by atoms with Crippen LogP contribution in [0.4, 0.5) is 0 Å². The topological polar surface area (TPSA) is 64.3 Å². The zero-order valence-corrected chi connectivity index (χ0v) is 14.5. The van der Waals surface area contributed by atoms with E-state index in [-0.39, 0.29) is 18.7 Å². The average Bonchev–Trinajstić information content (AvgIpc) is 3.05. The fraction of sp³-hybridized carbons (Fsp3) is 0.333. The summed E-state index contributed by atoms with van der Waals surface area (Å²) in [6, 6.07) is 9.55. The first kappa shape index (κ1) is 16.7. The van der Waals surface area contributed by atoms with Gasteiger partial charge in [-0.05, 0) is 29.0 Å². The number of fused-ring (bicyclic) bond motifs is 1. The van der Waals surface area contributed by atoms with E-state index in [2.05, 4.69) is 18.8 Å². The van der Waals surface area contributed by atoms with Gasteiger partial charge in [-0.15, -0.1) is 11.3 Å². The maximum absolute atomic E-state index is 12.3. The Morgan fingerprint density at radius 1 is 1.29 bits per heavy atom. The Kier molecular flexibility index (Phi) is 4.97. The number of para-hydroxylation sites is 1. The third-order valence-corrected chi connectivity index (χ3v) is 4.65. The van der Waals surface area contributed by atoms with Crippen LogP contribution >= 0.6 is 11.3 Å². The van der Waals surface area contributed by atoms with E-state index in [9.17, 15) is 9.90 Å². The third-order valence-electron chi connectivity index (χ3n) is 3.83. The molecule has 0 unspecified atom stereocenters. The van der Waals surface area contributed by atoms with Gasteiger partial charge in [-0.3, -0.25) is 9.36 Å². The van der Waals surface area contributed by atoms with Gasteiger partial charge >= 0.3 is 0 Å². The Bertz CT molecular complexity index is 885. The molecule has 1 aromatic carbocycles. The monoisotopic (exact) mass is 344 g/mol. The molecule has 2 heterocycles. The Hall–Kier alpha value is -2.18. The quantitative estimate of drug-likeness (QED) is 0.746. The summed E-state index contributed by atoms with van der Waals surface area (Å²) in [5.74, 6) is 1.11. The van der Waals surface area contributed by atoms with Crippen LogP contribution in [0.1, 0.15) is 25.3 Å². The largest absolute Gasteiger partial charge is 0.491 e. The van der Waals surface area contributed by atoms with Crippen molar-refractivity contribution in [1.29, 1.82) is 0 Å². The Morgan fingerprint density at radius 3 is 2.88 bits per heavy atom. The van der Waals surface area contributed by atoms with Gasteiger partial charge in [0, 0.05) is 0 Å². The summed E-state index contributed by atoms with van der Waals surface area (Å²) in [4.78, 5) is 17.3. The number of ether oxygens (including phenoxy) is 1. The Morgan fingerprint density at radius 2 is 2.08 bits per heavy atom. The average molecular weight is 344 g/mol. The molecule has 0 aliphatic carbocycles.